The van der Waals surface area contributed by atoms with Crippen molar-refractivity contribution in [2.75, 3.05) is 0 Å². The van der Waals surface area contributed by atoms with E-state index in [1.54, 1.807) is 0 Å². The van der Waals surface area contributed by atoms with E-state index in [2.05, 4.69) is 36.4 Å². The van der Waals surface area contributed by atoms with E-state index in [9.17, 15) is 0 Å². The van der Waals surface area contributed by atoms with Crippen molar-refractivity contribution in [2.45, 2.75) is 342 Å². The first kappa shape index (κ1) is 51.8. The number of hydrogen-bond donors (Lipinski definition) is 0. The van der Waals surface area contributed by atoms with Gasteiger partial charge >= 0.3 is 0 Å². The monoisotopic (exact) mass is 1000 g/mol. The molecule has 9 aliphatic rings. The Morgan fingerprint density at radius 2 is 0.315 bits per heavy atom. The summed E-state index contributed by atoms with van der Waals surface area (Å²) in [6, 6.07) is 18.4. The van der Waals surface area contributed by atoms with Crippen LogP contribution in [0.5, 0.6) is 0 Å². The molecule has 9 aliphatic carbocycles. The maximum atomic E-state index is 3.07. The van der Waals surface area contributed by atoms with Gasteiger partial charge in [0, 0.05) is 0 Å². The first-order valence-corrected chi connectivity index (χ1v) is 34.9. The summed E-state index contributed by atoms with van der Waals surface area (Å²) in [6.45, 7) is 0. The third-order valence-corrected chi connectivity index (χ3v) is 25.6. The summed E-state index contributed by atoms with van der Waals surface area (Å²) in [7, 11) is -0.809. The van der Waals surface area contributed by atoms with E-state index >= 15 is 0 Å². The van der Waals surface area contributed by atoms with Gasteiger partial charge in [-0.3, -0.25) is 0 Å². The minimum Gasteiger partial charge on any atom is -0.0546 e. The zero-order valence-electron chi connectivity index (χ0n) is 46.9. The van der Waals surface area contributed by atoms with Crippen molar-refractivity contribution in [1.82, 2.24) is 0 Å². The van der Waals surface area contributed by atoms with Gasteiger partial charge in [0.15, 0.2) is 0 Å². The molecular formula is C72H105P. The maximum Gasteiger partial charge on any atom is -0.00808 e. The number of rotatable bonds is 12. The molecule has 1 heteroatoms. The van der Waals surface area contributed by atoms with Crippen molar-refractivity contribution in [3.63, 3.8) is 0 Å². The first-order chi connectivity index (χ1) is 36.2. The lowest BCUT2D eigenvalue weighted by atomic mass is 9.75. The van der Waals surface area contributed by atoms with Crippen LogP contribution in [0, 0.1) is 0 Å². The summed E-state index contributed by atoms with van der Waals surface area (Å²) < 4.78 is 0. The van der Waals surface area contributed by atoms with Gasteiger partial charge in [0.25, 0.3) is 0 Å². The molecule has 3 aromatic carbocycles. The van der Waals surface area contributed by atoms with Crippen molar-refractivity contribution in [3.8, 4) is 0 Å². The Bertz CT molecular complexity index is 1840. The highest BCUT2D eigenvalue weighted by Crippen LogP contribution is 2.55. The fourth-order valence-corrected chi connectivity index (χ4v) is 22.3. The normalized spacial score (nSPS) is 25.4. The highest BCUT2D eigenvalue weighted by molar-refractivity contribution is 7.80. The van der Waals surface area contributed by atoms with Crippen LogP contribution in [-0.4, -0.2) is 0 Å². The lowest BCUT2D eigenvalue weighted by molar-refractivity contribution is 0.428. The highest BCUT2D eigenvalue weighted by atomic mass is 31.1. The van der Waals surface area contributed by atoms with E-state index in [4.69, 9.17) is 0 Å². The molecule has 0 atom stereocenters. The standard InChI is InChI=1S/C72H105P/c1-10-28-52(29-11-1)61-46-64(55-34-16-4-17-35-55)70(65(47-61)56-36-18-5-19-37-56)73(71-66(57-38-20-6-21-39-57)48-62(53-30-12-2-13-31-53)49-67(71)58-40-22-7-23-41-58)72-68(59-42-24-8-25-43-59)50-63(54-32-14-3-15-33-54)51-69(72)60-44-26-9-27-45-60/h46-60H,1-45H2. The zero-order chi connectivity index (χ0) is 48.8. The minimum atomic E-state index is -0.809. The van der Waals surface area contributed by atoms with Gasteiger partial charge in [-0.25, -0.2) is 0 Å². The van der Waals surface area contributed by atoms with E-state index in [-0.39, 0.29) is 0 Å². The van der Waals surface area contributed by atoms with Gasteiger partial charge in [0.05, 0.1) is 0 Å². The van der Waals surface area contributed by atoms with Crippen LogP contribution in [-0.2, 0) is 0 Å². The second-order valence-corrected chi connectivity index (χ2v) is 29.5. The average Bonchev–Trinajstić information content (AvgIpc) is 3.49. The van der Waals surface area contributed by atoms with Gasteiger partial charge in [0.1, 0.15) is 0 Å². The van der Waals surface area contributed by atoms with E-state index in [1.807, 2.05) is 66.0 Å². The minimum absolute atomic E-state index is 0.732. The van der Waals surface area contributed by atoms with Gasteiger partial charge < -0.3 is 0 Å². The Morgan fingerprint density at radius 3 is 0.466 bits per heavy atom. The van der Waals surface area contributed by atoms with Crippen LogP contribution < -0.4 is 15.9 Å². The topological polar surface area (TPSA) is 0 Å². The van der Waals surface area contributed by atoms with E-state index < -0.39 is 7.92 Å². The van der Waals surface area contributed by atoms with Crippen molar-refractivity contribution < 1.29 is 0 Å². The lowest BCUT2D eigenvalue weighted by Gasteiger charge is -2.42. The summed E-state index contributed by atoms with van der Waals surface area (Å²) in [5.41, 5.74) is 17.2. The van der Waals surface area contributed by atoms with Crippen LogP contribution in [0.4, 0.5) is 0 Å². The molecular weight excluding hydrogens is 896 g/mol. The molecule has 0 bridgehead atoms. The number of benzene rings is 3. The lowest BCUT2D eigenvalue weighted by Crippen LogP contribution is -2.38. The molecule has 73 heavy (non-hydrogen) atoms. The molecule has 398 valence electrons. The van der Waals surface area contributed by atoms with Crippen molar-refractivity contribution in [2.24, 2.45) is 0 Å². The molecule has 12 rings (SSSR count). The molecule has 0 saturated heterocycles. The molecule has 0 amide bonds. The molecule has 0 aliphatic heterocycles. The molecule has 0 spiro atoms. The van der Waals surface area contributed by atoms with Crippen molar-refractivity contribution >= 4 is 23.8 Å². The van der Waals surface area contributed by atoms with Crippen molar-refractivity contribution in [1.29, 1.82) is 0 Å². The van der Waals surface area contributed by atoms with Gasteiger partial charge in [-0.1, -0.05) is 210 Å². The molecule has 9 saturated carbocycles. The Hall–Kier alpha value is -1.91. The molecule has 3 aromatic rings. The first-order valence-electron chi connectivity index (χ1n) is 33.6. The number of hydrogen-bond acceptors (Lipinski definition) is 0. The summed E-state index contributed by atoms with van der Waals surface area (Å²) >= 11 is 0. The highest BCUT2D eigenvalue weighted by Gasteiger charge is 2.41. The third kappa shape index (κ3) is 11.8. The molecule has 0 nitrogen and oxygen atoms in total. The Kier molecular flexibility index (Phi) is 17.9. The Balaban J connectivity index is 1.22. The quantitative estimate of drug-likeness (QED) is 0.159. The van der Waals surface area contributed by atoms with E-state index in [1.165, 1.54) is 289 Å². The van der Waals surface area contributed by atoms with Crippen molar-refractivity contribution in [3.05, 3.63) is 86.5 Å². The third-order valence-electron chi connectivity index (χ3n) is 22.7. The summed E-state index contributed by atoms with van der Waals surface area (Å²) in [5, 5.41) is 6.10. The van der Waals surface area contributed by atoms with E-state index in [0.29, 0.717) is 0 Å². The Morgan fingerprint density at radius 1 is 0.178 bits per heavy atom. The van der Waals surface area contributed by atoms with Crippen LogP contribution in [0.3, 0.4) is 0 Å². The summed E-state index contributed by atoms with van der Waals surface area (Å²) in [6.07, 6.45) is 65.0. The van der Waals surface area contributed by atoms with Crippen LogP contribution in [0.2, 0.25) is 0 Å². The SMILES string of the molecule is c1c(C2CCCCC2)cc(C2CCCCC2)c(P(c2c(C3CCCCC3)cc(C3CCCCC3)cc2C2CCCCC2)c2c(C3CCCCC3)cc(C3CCCCC3)cc2C2CCCCC2)c1C1CCCCC1. The second-order valence-electron chi connectivity index (χ2n) is 27.5. The zero-order valence-corrected chi connectivity index (χ0v) is 47.8. The van der Waals surface area contributed by atoms with Crippen LogP contribution in [0.15, 0.2) is 36.4 Å². The van der Waals surface area contributed by atoms with Gasteiger partial charge in [-0.05, 0) is 243 Å². The van der Waals surface area contributed by atoms with Crippen LogP contribution >= 0.6 is 7.92 Å². The molecule has 0 radical (unpaired) electrons. The fraction of sp³-hybridized carbons (Fsp3) is 0.750. The molecule has 0 heterocycles. The van der Waals surface area contributed by atoms with Crippen LogP contribution in [0.1, 0.15) is 392 Å². The molecule has 9 fully saturated rings. The Labute approximate surface area is 450 Å². The molecule has 0 aromatic heterocycles. The summed E-state index contributed by atoms with van der Waals surface area (Å²) in [5.74, 6) is 6.71. The molecule has 0 unspecified atom stereocenters. The van der Waals surface area contributed by atoms with Gasteiger partial charge in [-0.15, -0.1) is 0 Å². The predicted octanol–water partition coefficient (Wildman–Crippen LogP) is 21.9. The average molecular weight is 1000 g/mol. The van der Waals surface area contributed by atoms with Gasteiger partial charge in [0.2, 0.25) is 0 Å². The molecule has 0 N–H and O–H groups in total. The predicted molar refractivity (Wildman–Crippen MR) is 318 cm³/mol. The fourth-order valence-electron chi connectivity index (χ4n) is 18.6. The summed E-state index contributed by atoms with van der Waals surface area (Å²) in [4.78, 5) is 0. The van der Waals surface area contributed by atoms with Gasteiger partial charge in [-0.2, -0.15) is 0 Å². The second kappa shape index (κ2) is 25.3. The smallest absolute Gasteiger partial charge is 0.00808 e. The maximum absolute atomic E-state index is 3.07. The van der Waals surface area contributed by atoms with Crippen LogP contribution in [0.25, 0.3) is 0 Å². The van der Waals surface area contributed by atoms with E-state index in [0.717, 1.165) is 53.3 Å². The largest absolute Gasteiger partial charge is 0.0546 e.